The van der Waals surface area contributed by atoms with E-state index in [0.29, 0.717) is 10.0 Å². The van der Waals surface area contributed by atoms with Crippen LogP contribution in [0, 0.1) is 0 Å². The molecule has 0 fully saturated rings. The SMILES string of the molecule is CCCCCc1c(O)ccc(Cl)c1Cl. The van der Waals surface area contributed by atoms with Gasteiger partial charge in [0.1, 0.15) is 5.75 Å². The number of hydrogen-bond acceptors (Lipinski definition) is 1. The fourth-order valence-electron chi connectivity index (χ4n) is 1.37. The molecule has 0 unspecified atom stereocenters. The monoisotopic (exact) mass is 232 g/mol. The molecule has 78 valence electrons. The van der Waals surface area contributed by atoms with Gasteiger partial charge in [-0.1, -0.05) is 43.0 Å². The van der Waals surface area contributed by atoms with Crippen molar-refractivity contribution in [3.63, 3.8) is 0 Å². The first-order valence-corrected chi connectivity index (χ1v) is 5.58. The van der Waals surface area contributed by atoms with Gasteiger partial charge in [0.05, 0.1) is 10.0 Å². The highest BCUT2D eigenvalue weighted by molar-refractivity contribution is 6.42. The lowest BCUT2D eigenvalue weighted by Gasteiger charge is -2.07. The summed E-state index contributed by atoms with van der Waals surface area (Å²) in [5.41, 5.74) is 0.771. The zero-order valence-electron chi connectivity index (χ0n) is 8.19. The molecule has 3 heteroatoms. The Kier molecular flexibility index (Phi) is 4.56. The molecule has 0 amide bonds. The van der Waals surface area contributed by atoms with Crippen LogP contribution >= 0.6 is 23.2 Å². The molecule has 1 nitrogen and oxygen atoms in total. The molecule has 0 aliphatic carbocycles. The van der Waals surface area contributed by atoms with Gasteiger partial charge in [-0.3, -0.25) is 0 Å². The van der Waals surface area contributed by atoms with E-state index in [-0.39, 0.29) is 5.75 Å². The Bertz CT molecular complexity index is 310. The number of rotatable bonds is 4. The molecule has 0 aliphatic rings. The highest BCUT2D eigenvalue weighted by Gasteiger charge is 2.09. The van der Waals surface area contributed by atoms with Gasteiger partial charge in [-0.2, -0.15) is 0 Å². The molecule has 0 saturated carbocycles. The van der Waals surface area contributed by atoms with E-state index in [1.807, 2.05) is 0 Å². The van der Waals surface area contributed by atoms with Gasteiger partial charge in [0.15, 0.2) is 0 Å². The predicted molar refractivity (Wildman–Crippen MR) is 61.4 cm³/mol. The first-order valence-electron chi connectivity index (χ1n) is 4.82. The van der Waals surface area contributed by atoms with E-state index in [1.54, 1.807) is 12.1 Å². The van der Waals surface area contributed by atoms with E-state index in [4.69, 9.17) is 23.2 Å². The third kappa shape index (κ3) is 2.79. The van der Waals surface area contributed by atoms with Crippen LogP contribution in [0.15, 0.2) is 12.1 Å². The number of benzene rings is 1. The summed E-state index contributed by atoms with van der Waals surface area (Å²) in [5, 5.41) is 10.6. The molecule has 14 heavy (non-hydrogen) atoms. The van der Waals surface area contributed by atoms with E-state index in [9.17, 15) is 5.11 Å². The molecule has 0 aromatic heterocycles. The van der Waals surface area contributed by atoms with Crippen LogP contribution in [0.1, 0.15) is 31.7 Å². The van der Waals surface area contributed by atoms with Crippen LogP contribution in [-0.4, -0.2) is 5.11 Å². The van der Waals surface area contributed by atoms with Crippen LogP contribution in [-0.2, 0) is 6.42 Å². The Morgan fingerprint density at radius 2 is 1.93 bits per heavy atom. The Labute approximate surface area is 94.7 Å². The Morgan fingerprint density at radius 1 is 1.21 bits per heavy atom. The van der Waals surface area contributed by atoms with Crippen molar-refractivity contribution in [2.24, 2.45) is 0 Å². The van der Waals surface area contributed by atoms with Gasteiger partial charge < -0.3 is 5.11 Å². The van der Waals surface area contributed by atoms with Gasteiger partial charge >= 0.3 is 0 Å². The second-order valence-electron chi connectivity index (χ2n) is 3.32. The maximum Gasteiger partial charge on any atom is 0.120 e. The van der Waals surface area contributed by atoms with Gasteiger partial charge in [-0.25, -0.2) is 0 Å². The minimum atomic E-state index is 0.246. The molecule has 1 aromatic carbocycles. The van der Waals surface area contributed by atoms with Crippen molar-refractivity contribution in [2.75, 3.05) is 0 Å². The van der Waals surface area contributed by atoms with Crippen molar-refractivity contribution in [3.8, 4) is 5.75 Å². The van der Waals surface area contributed by atoms with Crippen LogP contribution < -0.4 is 0 Å². The maximum absolute atomic E-state index is 9.57. The Morgan fingerprint density at radius 3 is 2.57 bits per heavy atom. The van der Waals surface area contributed by atoms with Gasteiger partial charge in [-0.15, -0.1) is 0 Å². The van der Waals surface area contributed by atoms with Crippen molar-refractivity contribution in [1.29, 1.82) is 0 Å². The third-order valence-corrected chi connectivity index (χ3v) is 3.05. The lowest BCUT2D eigenvalue weighted by atomic mass is 10.1. The average Bonchev–Trinajstić information content (AvgIpc) is 2.18. The number of aromatic hydroxyl groups is 1. The summed E-state index contributed by atoms with van der Waals surface area (Å²) in [4.78, 5) is 0. The normalized spacial score (nSPS) is 10.5. The van der Waals surface area contributed by atoms with E-state index in [2.05, 4.69) is 6.92 Å². The van der Waals surface area contributed by atoms with E-state index in [1.165, 1.54) is 0 Å². The lowest BCUT2D eigenvalue weighted by molar-refractivity contribution is 0.466. The minimum absolute atomic E-state index is 0.246. The summed E-state index contributed by atoms with van der Waals surface area (Å²) >= 11 is 11.8. The Hall–Kier alpha value is -0.400. The fourth-order valence-corrected chi connectivity index (χ4v) is 1.80. The second-order valence-corrected chi connectivity index (χ2v) is 4.10. The van der Waals surface area contributed by atoms with Crippen molar-refractivity contribution >= 4 is 23.2 Å². The van der Waals surface area contributed by atoms with Crippen LogP contribution in [0.5, 0.6) is 5.75 Å². The number of phenols is 1. The number of hydrogen-bond donors (Lipinski definition) is 1. The van der Waals surface area contributed by atoms with Crippen molar-refractivity contribution in [3.05, 3.63) is 27.7 Å². The molecule has 1 aromatic rings. The van der Waals surface area contributed by atoms with Crippen molar-refractivity contribution < 1.29 is 5.11 Å². The summed E-state index contributed by atoms with van der Waals surface area (Å²) in [7, 11) is 0. The molecule has 1 N–H and O–H groups in total. The molecule has 1 rings (SSSR count). The highest BCUT2D eigenvalue weighted by Crippen LogP contribution is 2.33. The zero-order valence-corrected chi connectivity index (χ0v) is 9.70. The number of phenolic OH excluding ortho intramolecular Hbond substituents is 1. The summed E-state index contributed by atoms with van der Waals surface area (Å²) in [6.07, 6.45) is 4.12. The fraction of sp³-hybridized carbons (Fsp3) is 0.455. The van der Waals surface area contributed by atoms with Crippen LogP contribution in [0.4, 0.5) is 0 Å². The predicted octanol–water partition coefficient (Wildman–Crippen LogP) is 4.43. The second kappa shape index (κ2) is 5.47. The molecule has 0 spiro atoms. The van der Waals surface area contributed by atoms with E-state index >= 15 is 0 Å². The molecule has 0 radical (unpaired) electrons. The minimum Gasteiger partial charge on any atom is -0.508 e. The molecule has 0 atom stereocenters. The van der Waals surface area contributed by atoms with Crippen LogP contribution in [0.25, 0.3) is 0 Å². The molecule has 0 saturated heterocycles. The molecule has 0 aliphatic heterocycles. The van der Waals surface area contributed by atoms with Crippen molar-refractivity contribution in [2.45, 2.75) is 32.6 Å². The van der Waals surface area contributed by atoms with Gasteiger partial charge in [0.25, 0.3) is 0 Å². The maximum atomic E-state index is 9.57. The quantitative estimate of drug-likeness (QED) is 0.762. The third-order valence-electron chi connectivity index (χ3n) is 2.20. The zero-order chi connectivity index (χ0) is 10.6. The summed E-state index contributed by atoms with van der Waals surface area (Å²) in [6.45, 7) is 2.14. The first kappa shape index (κ1) is 11.7. The summed E-state index contributed by atoms with van der Waals surface area (Å²) in [6, 6.07) is 3.21. The van der Waals surface area contributed by atoms with Crippen molar-refractivity contribution in [1.82, 2.24) is 0 Å². The first-order chi connectivity index (χ1) is 6.66. The number of unbranched alkanes of at least 4 members (excludes halogenated alkanes) is 2. The molecular weight excluding hydrogens is 219 g/mol. The average molecular weight is 233 g/mol. The van der Waals surface area contributed by atoms with Crippen LogP contribution in [0.3, 0.4) is 0 Å². The Balaban J connectivity index is 2.79. The molecule has 0 bridgehead atoms. The van der Waals surface area contributed by atoms with E-state index < -0.39 is 0 Å². The standard InChI is InChI=1S/C11H14Cl2O/c1-2-3-4-5-8-10(14)7-6-9(12)11(8)13/h6-7,14H,2-5H2,1H3. The topological polar surface area (TPSA) is 20.2 Å². The summed E-state index contributed by atoms with van der Waals surface area (Å²) < 4.78 is 0. The highest BCUT2D eigenvalue weighted by atomic mass is 35.5. The smallest absolute Gasteiger partial charge is 0.120 e. The number of halogens is 2. The van der Waals surface area contributed by atoms with Crippen LogP contribution in [0.2, 0.25) is 10.0 Å². The summed E-state index contributed by atoms with van der Waals surface area (Å²) in [5.74, 6) is 0.246. The molecule has 0 heterocycles. The van der Waals surface area contributed by atoms with Gasteiger partial charge in [0, 0.05) is 5.56 Å². The van der Waals surface area contributed by atoms with Gasteiger partial charge in [-0.05, 0) is 25.0 Å². The largest absolute Gasteiger partial charge is 0.508 e. The lowest BCUT2D eigenvalue weighted by Crippen LogP contribution is -1.88. The van der Waals surface area contributed by atoms with Gasteiger partial charge in [0.2, 0.25) is 0 Å². The molecular formula is C11H14Cl2O. The van der Waals surface area contributed by atoms with E-state index in [0.717, 1.165) is 31.2 Å².